The Bertz CT molecular complexity index is 1010. The van der Waals surface area contributed by atoms with Crippen LogP contribution in [0.3, 0.4) is 0 Å². The molecule has 2 aromatic heterocycles. The largest absolute Gasteiger partial charge is 0.493 e. The summed E-state index contributed by atoms with van der Waals surface area (Å²) >= 11 is 0. The Morgan fingerprint density at radius 3 is 2.56 bits per heavy atom. The number of nitrogens with zero attached hydrogens (tertiary/aromatic N) is 2. The van der Waals surface area contributed by atoms with Crippen molar-refractivity contribution in [1.82, 2.24) is 20.5 Å². The highest BCUT2D eigenvalue weighted by atomic mass is 16.5. The van der Waals surface area contributed by atoms with Gasteiger partial charge in [0, 0.05) is 36.1 Å². The standard InChI is InChI=1S/C25H30N4O3/c1-17(32-23-6-4-3-5-22(23)31-2)25(30)27-15-18-7-9-20(10-8-18)24-21(16-28-29-24)19-11-13-26-14-12-19/h3-6,11-14,16-18,20H,7-10,15H2,1-2H3,(H,27,30)(H,28,29). The molecular formula is C25H30N4O3. The minimum absolute atomic E-state index is 0.105. The molecule has 1 aliphatic rings. The van der Waals surface area contributed by atoms with Crippen LogP contribution in [-0.2, 0) is 4.79 Å². The highest BCUT2D eigenvalue weighted by Gasteiger charge is 2.26. The van der Waals surface area contributed by atoms with Crippen molar-refractivity contribution < 1.29 is 14.3 Å². The lowest BCUT2D eigenvalue weighted by Gasteiger charge is -2.29. The second-order valence-corrected chi connectivity index (χ2v) is 8.31. The van der Waals surface area contributed by atoms with E-state index in [0.717, 1.165) is 36.8 Å². The predicted octanol–water partition coefficient (Wildman–Crippen LogP) is 4.34. The molecule has 1 fully saturated rings. The van der Waals surface area contributed by atoms with Crippen molar-refractivity contribution in [3.05, 3.63) is 60.7 Å². The number of para-hydroxylation sites is 2. The van der Waals surface area contributed by atoms with E-state index in [9.17, 15) is 4.79 Å². The average molecular weight is 435 g/mol. The average Bonchev–Trinajstić information content (AvgIpc) is 3.34. The lowest BCUT2D eigenvalue weighted by atomic mass is 9.79. The van der Waals surface area contributed by atoms with Gasteiger partial charge in [0.15, 0.2) is 17.6 Å². The summed E-state index contributed by atoms with van der Waals surface area (Å²) in [4.78, 5) is 16.7. The molecule has 1 unspecified atom stereocenters. The maximum absolute atomic E-state index is 12.5. The Hall–Kier alpha value is -3.35. The molecule has 0 aliphatic heterocycles. The van der Waals surface area contributed by atoms with Crippen LogP contribution in [0.2, 0.25) is 0 Å². The topological polar surface area (TPSA) is 89.1 Å². The third-order valence-electron chi connectivity index (χ3n) is 6.22. The van der Waals surface area contributed by atoms with Gasteiger partial charge in [-0.2, -0.15) is 5.10 Å². The summed E-state index contributed by atoms with van der Waals surface area (Å²) in [5.74, 6) is 2.02. The van der Waals surface area contributed by atoms with Crippen molar-refractivity contribution in [1.29, 1.82) is 0 Å². The molecule has 1 aliphatic carbocycles. The molecule has 0 spiro atoms. The molecule has 4 rings (SSSR count). The van der Waals surface area contributed by atoms with E-state index >= 15 is 0 Å². The van der Waals surface area contributed by atoms with Crippen LogP contribution >= 0.6 is 0 Å². The molecular weight excluding hydrogens is 404 g/mol. The molecule has 1 atom stereocenters. The van der Waals surface area contributed by atoms with Gasteiger partial charge in [-0.15, -0.1) is 0 Å². The number of nitrogens with one attached hydrogen (secondary N) is 2. The lowest BCUT2D eigenvalue weighted by Crippen LogP contribution is -2.39. The summed E-state index contributed by atoms with van der Waals surface area (Å²) in [5, 5.41) is 10.6. The number of aromatic nitrogens is 3. The van der Waals surface area contributed by atoms with E-state index in [-0.39, 0.29) is 5.91 Å². The molecule has 32 heavy (non-hydrogen) atoms. The number of ether oxygens (including phenoxy) is 2. The Morgan fingerprint density at radius 1 is 1.12 bits per heavy atom. The minimum atomic E-state index is -0.587. The van der Waals surface area contributed by atoms with Crippen LogP contribution in [-0.4, -0.2) is 40.8 Å². The first-order valence-electron chi connectivity index (χ1n) is 11.2. The summed E-state index contributed by atoms with van der Waals surface area (Å²) in [6.45, 7) is 2.43. The van der Waals surface area contributed by atoms with Gasteiger partial charge in [0.1, 0.15) is 0 Å². The molecule has 0 bridgehead atoms. The van der Waals surface area contributed by atoms with Crippen LogP contribution < -0.4 is 14.8 Å². The number of amides is 1. The first-order valence-corrected chi connectivity index (χ1v) is 11.2. The minimum Gasteiger partial charge on any atom is -0.493 e. The number of rotatable bonds is 8. The molecule has 2 N–H and O–H groups in total. The normalized spacial score (nSPS) is 19.2. The van der Waals surface area contributed by atoms with Crippen LogP contribution in [0.1, 0.15) is 44.2 Å². The van der Waals surface area contributed by atoms with Crippen LogP contribution in [0, 0.1) is 5.92 Å². The van der Waals surface area contributed by atoms with Crippen LogP contribution in [0.4, 0.5) is 0 Å². The van der Waals surface area contributed by atoms with E-state index in [1.54, 1.807) is 20.1 Å². The number of methoxy groups -OCH3 is 1. The van der Waals surface area contributed by atoms with Crippen molar-refractivity contribution in [3.8, 4) is 22.6 Å². The number of H-pyrrole nitrogens is 1. The van der Waals surface area contributed by atoms with Gasteiger partial charge in [-0.05, 0) is 68.4 Å². The van der Waals surface area contributed by atoms with Gasteiger partial charge in [0.2, 0.25) is 0 Å². The van der Waals surface area contributed by atoms with Gasteiger partial charge in [-0.1, -0.05) is 12.1 Å². The molecule has 168 valence electrons. The third-order valence-corrected chi connectivity index (χ3v) is 6.22. The van der Waals surface area contributed by atoms with Crippen LogP contribution in [0.5, 0.6) is 11.5 Å². The SMILES string of the molecule is COc1ccccc1OC(C)C(=O)NCC1CCC(c2[nH]ncc2-c2ccncc2)CC1. The van der Waals surface area contributed by atoms with E-state index in [1.807, 2.05) is 48.9 Å². The van der Waals surface area contributed by atoms with Crippen molar-refractivity contribution in [3.63, 3.8) is 0 Å². The fourth-order valence-electron chi connectivity index (χ4n) is 4.37. The van der Waals surface area contributed by atoms with Crippen LogP contribution in [0.15, 0.2) is 55.0 Å². The number of carbonyl (C=O) groups excluding carboxylic acids is 1. The first kappa shape index (κ1) is 21.9. The molecule has 7 nitrogen and oxygen atoms in total. The molecule has 0 radical (unpaired) electrons. The number of aromatic amines is 1. The second kappa shape index (κ2) is 10.3. The zero-order valence-electron chi connectivity index (χ0n) is 18.6. The predicted molar refractivity (Wildman–Crippen MR) is 123 cm³/mol. The smallest absolute Gasteiger partial charge is 0.260 e. The summed E-state index contributed by atoms with van der Waals surface area (Å²) in [5.41, 5.74) is 3.51. The Kier molecular flexibility index (Phi) is 7.04. The van der Waals surface area contributed by atoms with E-state index in [0.29, 0.717) is 29.9 Å². The monoisotopic (exact) mass is 434 g/mol. The maximum Gasteiger partial charge on any atom is 0.260 e. The van der Waals surface area contributed by atoms with E-state index in [2.05, 4.69) is 20.5 Å². The fourth-order valence-corrected chi connectivity index (χ4v) is 4.37. The van der Waals surface area contributed by atoms with Crippen LogP contribution in [0.25, 0.3) is 11.1 Å². The number of benzene rings is 1. The molecule has 3 aromatic rings. The van der Waals surface area contributed by atoms with E-state index in [1.165, 1.54) is 5.69 Å². The quantitative estimate of drug-likeness (QED) is 0.551. The molecule has 7 heteroatoms. The lowest BCUT2D eigenvalue weighted by molar-refractivity contribution is -0.127. The van der Waals surface area contributed by atoms with Crippen molar-refractivity contribution in [2.24, 2.45) is 5.92 Å². The van der Waals surface area contributed by atoms with Gasteiger partial charge in [0.05, 0.1) is 13.3 Å². The van der Waals surface area contributed by atoms with Gasteiger partial charge in [-0.25, -0.2) is 0 Å². The zero-order valence-corrected chi connectivity index (χ0v) is 18.6. The summed E-state index contributed by atoms with van der Waals surface area (Å²) in [6.07, 6.45) is 9.23. The Morgan fingerprint density at radius 2 is 1.84 bits per heavy atom. The van der Waals surface area contributed by atoms with Gasteiger partial charge < -0.3 is 14.8 Å². The fraction of sp³-hybridized carbons (Fsp3) is 0.400. The molecule has 1 amide bonds. The zero-order chi connectivity index (χ0) is 22.3. The second-order valence-electron chi connectivity index (χ2n) is 8.31. The highest BCUT2D eigenvalue weighted by molar-refractivity contribution is 5.80. The maximum atomic E-state index is 12.5. The first-order chi connectivity index (χ1) is 15.7. The number of hydrogen-bond donors (Lipinski definition) is 2. The number of carbonyl (C=O) groups is 1. The summed E-state index contributed by atoms with van der Waals surface area (Å²) in [7, 11) is 1.59. The van der Waals surface area contributed by atoms with E-state index in [4.69, 9.17) is 9.47 Å². The summed E-state index contributed by atoms with van der Waals surface area (Å²) in [6, 6.07) is 11.4. The molecule has 2 heterocycles. The van der Waals surface area contributed by atoms with Gasteiger partial charge in [-0.3, -0.25) is 14.9 Å². The van der Waals surface area contributed by atoms with Gasteiger partial charge in [0.25, 0.3) is 5.91 Å². The highest BCUT2D eigenvalue weighted by Crippen LogP contribution is 2.38. The molecule has 0 saturated heterocycles. The number of hydrogen-bond acceptors (Lipinski definition) is 5. The summed E-state index contributed by atoms with van der Waals surface area (Å²) < 4.78 is 11.1. The van der Waals surface area contributed by atoms with E-state index < -0.39 is 6.10 Å². The third kappa shape index (κ3) is 5.10. The van der Waals surface area contributed by atoms with Crippen molar-refractivity contribution in [2.75, 3.05) is 13.7 Å². The van der Waals surface area contributed by atoms with Crippen molar-refractivity contribution in [2.45, 2.75) is 44.6 Å². The Balaban J connectivity index is 1.26. The molecule has 1 saturated carbocycles. The van der Waals surface area contributed by atoms with Crippen molar-refractivity contribution >= 4 is 5.91 Å². The molecule has 1 aromatic carbocycles. The number of pyridine rings is 1. The van der Waals surface area contributed by atoms with Gasteiger partial charge >= 0.3 is 0 Å². The Labute approximate surface area is 188 Å².